The third kappa shape index (κ3) is 4.57. The van der Waals surface area contributed by atoms with Crippen LogP contribution in [0.4, 0.5) is 0 Å². The quantitative estimate of drug-likeness (QED) is 0.486. The smallest absolute Gasteiger partial charge is 0.258 e. The van der Waals surface area contributed by atoms with Gasteiger partial charge < -0.3 is 24.2 Å². The van der Waals surface area contributed by atoms with Crippen LogP contribution in [-0.4, -0.2) is 40.9 Å². The van der Waals surface area contributed by atoms with Crippen molar-refractivity contribution in [1.29, 1.82) is 0 Å². The van der Waals surface area contributed by atoms with E-state index in [0.717, 1.165) is 28.9 Å². The highest BCUT2D eigenvalue weighted by atomic mass is 32.1. The van der Waals surface area contributed by atoms with E-state index in [2.05, 4.69) is 48.3 Å². The Hall–Kier alpha value is -3.39. The Balaban J connectivity index is 1.79. The van der Waals surface area contributed by atoms with Crippen molar-refractivity contribution < 1.29 is 14.0 Å². The Morgan fingerprint density at radius 2 is 1.82 bits per heavy atom. The van der Waals surface area contributed by atoms with Gasteiger partial charge in [0.15, 0.2) is 16.6 Å². The molecule has 0 radical (unpaired) electrons. The first-order chi connectivity index (χ1) is 15.9. The molecule has 0 bridgehead atoms. The first-order valence-electron chi connectivity index (χ1n) is 10.8. The molecule has 1 unspecified atom stereocenters. The maximum Gasteiger partial charge on any atom is 0.258 e. The number of thiocarbonyl (C=S) groups is 1. The molecule has 1 aromatic heterocycles. The number of nitrogens with one attached hydrogen (secondary N) is 1. The highest BCUT2D eigenvalue weighted by molar-refractivity contribution is 7.80. The number of methoxy groups -OCH3 is 2. The lowest BCUT2D eigenvalue weighted by molar-refractivity contribution is 0.355. The lowest BCUT2D eigenvalue weighted by atomic mass is 9.94. The topological polar surface area (TPSA) is 72.7 Å². The lowest BCUT2D eigenvalue weighted by Crippen LogP contribution is -2.47. The molecule has 1 atom stereocenters. The first-order valence-corrected chi connectivity index (χ1v) is 11.2. The van der Waals surface area contributed by atoms with Crippen LogP contribution in [0.1, 0.15) is 38.3 Å². The Morgan fingerprint density at radius 1 is 1.09 bits per heavy atom. The van der Waals surface area contributed by atoms with Crippen LogP contribution in [0.25, 0.3) is 17.0 Å². The number of rotatable bonds is 7. The summed E-state index contributed by atoms with van der Waals surface area (Å²) in [7, 11) is 3.20. The van der Waals surface area contributed by atoms with Crippen LogP contribution < -0.4 is 14.8 Å². The van der Waals surface area contributed by atoms with E-state index in [9.17, 15) is 0 Å². The monoisotopic (exact) mass is 464 g/mol. The molecule has 1 N–H and O–H groups in total. The van der Waals surface area contributed by atoms with E-state index in [4.69, 9.17) is 31.2 Å². The van der Waals surface area contributed by atoms with Crippen molar-refractivity contribution in [3.05, 3.63) is 65.7 Å². The molecular formula is C25H28N4O3S. The molecule has 1 aliphatic rings. The average Bonchev–Trinajstić information content (AvgIpc) is 3.31. The van der Waals surface area contributed by atoms with Gasteiger partial charge >= 0.3 is 0 Å². The second-order valence-corrected chi connectivity index (χ2v) is 8.68. The second-order valence-electron chi connectivity index (χ2n) is 8.29. The maximum atomic E-state index is 5.80. The molecule has 2 aromatic carbocycles. The Morgan fingerprint density at radius 3 is 2.48 bits per heavy atom. The zero-order valence-electron chi connectivity index (χ0n) is 19.5. The standard InChI is InChI=1S/C25H28N4O3S/c1-15(2)14-29-16(3)21(22(26-25(29)33)17-9-7-6-8-10-17)24-27-23(28-32-24)18-11-12-19(30-4)20(13-18)31-5/h6-13,15,22H,14H2,1-5H3,(H,26,33). The van der Waals surface area contributed by atoms with E-state index < -0.39 is 0 Å². The fourth-order valence-electron chi connectivity index (χ4n) is 3.96. The summed E-state index contributed by atoms with van der Waals surface area (Å²) >= 11 is 5.72. The minimum absolute atomic E-state index is 0.194. The molecule has 1 aliphatic heterocycles. The maximum absolute atomic E-state index is 5.80. The van der Waals surface area contributed by atoms with E-state index in [-0.39, 0.29) is 6.04 Å². The zero-order chi connectivity index (χ0) is 23.5. The third-order valence-electron chi connectivity index (χ3n) is 5.58. The number of aromatic nitrogens is 2. The van der Waals surface area contributed by atoms with Gasteiger partial charge in [-0.05, 0) is 48.8 Å². The first kappa shape index (κ1) is 22.8. The van der Waals surface area contributed by atoms with Gasteiger partial charge in [0.1, 0.15) is 0 Å². The lowest BCUT2D eigenvalue weighted by Gasteiger charge is -2.38. The average molecular weight is 465 g/mol. The van der Waals surface area contributed by atoms with E-state index in [1.165, 1.54) is 0 Å². The van der Waals surface area contributed by atoms with Gasteiger partial charge in [0.05, 0.1) is 25.8 Å². The molecule has 0 aliphatic carbocycles. The number of allylic oxidation sites excluding steroid dienone is 1. The fraction of sp³-hybridized carbons (Fsp3) is 0.320. The molecule has 172 valence electrons. The normalized spacial score (nSPS) is 16.2. The molecule has 0 saturated carbocycles. The van der Waals surface area contributed by atoms with Gasteiger partial charge in [-0.25, -0.2) is 0 Å². The summed E-state index contributed by atoms with van der Waals surface area (Å²) in [4.78, 5) is 6.86. The number of nitrogens with zero attached hydrogens (tertiary/aromatic N) is 3. The molecular weight excluding hydrogens is 436 g/mol. The van der Waals surface area contributed by atoms with E-state index in [1.54, 1.807) is 14.2 Å². The van der Waals surface area contributed by atoms with Crippen molar-refractivity contribution in [3.63, 3.8) is 0 Å². The number of hydrogen-bond acceptors (Lipinski definition) is 6. The largest absolute Gasteiger partial charge is 0.493 e. The van der Waals surface area contributed by atoms with Gasteiger partial charge in [-0.15, -0.1) is 0 Å². The van der Waals surface area contributed by atoms with Crippen LogP contribution in [0.5, 0.6) is 11.5 Å². The van der Waals surface area contributed by atoms with Gasteiger partial charge in [-0.1, -0.05) is 49.3 Å². The highest BCUT2D eigenvalue weighted by Gasteiger charge is 2.34. The van der Waals surface area contributed by atoms with Crippen LogP contribution >= 0.6 is 12.2 Å². The summed E-state index contributed by atoms with van der Waals surface area (Å²) < 4.78 is 16.6. The summed E-state index contributed by atoms with van der Waals surface area (Å²) in [6, 6.07) is 15.5. The van der Waals surface area contributed by atoms with Crippen LogP contribution in [0.2, 0.25) is 0 Å². The third-order valence-corrected chi connectivity index (χ3v) is 5.91. The van der Waals surface area contributed by atoms with Gasteiger partial charge in [0.25, 0.3) is 5.89 Å². The van der Waals surface area contributed by atoms with Crippen molar-refractivity contribution in [2.75, 3.05) is 20.8 Å². The summed E-state index contributed by atoms with van der Waals surface area (Å²) in [5.74, 6) is 2.60. The Bertz CT molecular complexity index is 1170. The van der Waals surface area contributed by atoms with Crippen LogP contribution in [0.15, 0.2) is 58.8 Å². The predicted molar refractivity (Wildman–Crippen MR) is 132 cm³/mol. The summed E-state index contributed by atoms with van der Waals surface area (Å²) in [5, 5.41) is 8.44. The molecule has 2 heterocycles. The summed E-state index contributed by atoms with van der Waals surface area (Å²) in [6.07, 6.45) is 0. The van der Waals surface area contributed by atoms with E-state index >= 15 is 0 Å². The van der Waals surface area contributed by atoms with E-state index in [1.807, 2.05) is 36.4 Å². The molecule has 0 fully saturated rings. The SMILES string of the molecule is COc1ccc(-c2noc(C3=C(C)N(CC(C)C)C(=S)NC3c3ccccc3)n2)cc1OC. The van der Waals surface area contributed by atoms with E-state index in [0.29, 0.717) is 34.2 Å². The number of ether oxygens (including phenoxy) is 2. The number of hydrogen-bond donors (Lipinski definition) is 1. The highest BCUT2D eigenvalue weighted by Crippen LogP contribution is 2.38. The Labute approximate surface area is 199 Å². The molecule has 0 saturated heterocycles. The predicted octanol–water partition coefficient (Wildman–Crippen LogP) is 5.07. The molecule has 0 spiro atoms. The minimum Gasteiger partial charge on any atom is -0.493 e. The van der Waals surface area contributed by atoms with Crippen LogP contribution in [0, 0.1) is 5.92 Å². The molecule has 8 heteroatoms. The molecule has 4 rings (SSSR count). The van der Waals surface area contributed by atoms with Crippen molar-refractivity contribution in [3.8, 4) is 22.9 Å². The number of benzene rings is 2. The van der Waals surface area contributed by atoms with Gasteiger partial charge in [-0.3, -0.25) is 0 Å². The second kappa shape index (κ2) is 9.62. The fourth-order valence-corrected chi connectivity index (χ4v) is 4.29. The minimum atomic E-state index is -0.194. The molecule has 7 nitrogen and oxygen atoms in total. The summed E-state index contributed by atoms with van der Waals surface area (Å²) in [5.41, 5.74) is 3.76. The van der Waals surface area contributed by atoms with Gasteiger partial charge in [0.2, 0.25) is 5.82 Å². The molecule has 3 aromatic rings. The van der Waals surface area contributed by atoms with Crippen LogP contribution in [0.3, 0.4) is 0 Å². The van der Waals surface area contributed by atoms with Crippen LogP contribution in [-0.2, 0) is 0 Å². The van der Waals surface area contributed by atoms with Gasteiger partial charge in [-0.2, -0.15) is 4.98 Å². The summed E-state index contributed by atoms with van der Waals surface area (Å²) in [6.45, 7) is 7.18. The Kier molecular flexibility index (Phi) is 6.65. The van der Waals surface area contributed by atoms with Crippen molar-refractivity contribution in [2.45, 2.75) is 26.8 Å². The van der Waals surface area contributed by atoms with Crippen molar-refractivity contribution in [1.82, 2.24) is 20.4 Å². The van der Waals surface area contributed by atoms with Crippen molar-refractivity contribution >= 4 is 22.9 Å². The zero-order valence-corrected chi connectivity index (χ0v) is 20.3. The van der Waals surface area contributed by atoms with Gasteiger partial charge in [0, 0.05) is 17.8 Å². The van der Waals surface area contributed by atoms with Crippen molar-refractivity contribution in [2.24, 2.45) is 5.92 Å². The molecule has 33 heavy (non-hydrogen) atoms. The molecule has 0 amide bonds.